The Balaban J connectivity index is 1.92. The highest BCUT2D eigenvalue weighted by molar-refractivity contribution is 7.92. The normalized spacial score (nSPS) is 11.1. The molecule has 0 radical (unpaired) electrons. The van der Waals surface area contributed by atoms with Crippen molar-refractivity contribution in [1.82, 2.24) is 4.98 Å². The van der Waals surface area contributed by atoms with Gasteiger partial charge in [-0.05, 0) is 35.9 Å². The summed E-state index contributed by atoms with van der Waals surface area (Å²) in [6.45, 7) is 0. The Morgan fingerprint density at radius 3 is 2.42 bits per heavy atom. The van der Waals surface area contributed by atoms with E-state index in [1.54, 1.807) is 30.6 Å². The number of pyridine rings is 1. The van der Waals surface area contributed by atoms with Crippen molar-refractivity contribution in [2.24, 2.45) is 0 Å². The summed E-state index contributed by atoms with van der Waals surface area (Å²) < 4.78 is 27.5. The molecule has 0 atom stereocenters. The second kappa shape index (κ2) is 6.85. The van der Waals surface area contributed by atoms with E-state index in [-0.39, 0.29) is 16.1 Å². The minimum atomic E-state index is -3.92. The van der Waals surface area contributed by atoms with Crippen LogP contribution in [-0.2, 0) is 10.0 Å². The lowest BCUT2D eigenvalue weighted by atomic mass is 10.1. The van der Waals surface area contributed by atoms with E-state index < -0.39 is 21.7 Å². The number of phenols is 1. The van der Waals surface area contributed by atoms with E-state index in [0.717, 1.165) is 17.7 Å². The molecule has 0 amide bonds. The number of hydrogen-bond acceptors (Lipinski definition) is 5. The van der Waals surface area contributed by atoms with Crippen molar-refractivity contribution in [3.8, 4) is 16.9 Å². The third-order valence-corrected chi connectivity index (χ3v) is 5.00. The highest BCUT2D eigenvalue weighted by Gasteiger charge is 2.17. The fourth-order valence-electron chi connectivity index (χ4n) is 2.37. The van der Waals surface area contributed by atoms with Crippen LogP contribution >= 0.6 is 0 Å². The van der Waals surface area contributed by atoms with E-state index in [2.05, 4.69) is 9.71 Å². The predicted molar refractivity (Wildman–Crippen MR) is 95.5 cm³/mol. The molecular formula is C18H14N2O5S. The van der Waals surface area contributed by atoms with E-state index in [4.69, 9.17) is 5.11 Å². The maximum Gasteiger partial charge on any atom is 0.339 e. The summed E-state index contributed by atoms with van der Waals surface area (Å²) in [7, 11) is -3.92. The molecule has 2 aromatic carbocycles. The third-order valence-electron chi connectivity index (χ3n) is 3.62. The van der Waals surface area contributed by atoms with Crippen molar-refractivity contribution in [1.29, 1.82) is 0 Å². The molecule has 0 aliphatic carbocycles. The Labute approximate surface area is 149 Å². The molecule has 132 valence electrons. The summed E-state index contributed by atoms with van der Waals surface area (Å²) in [6, 6.07) is 13.3. The van der Waals surface area contributed by atoms with Gasteiger partial charge in [-0.3, -0.25) is 9.71 Å². The van der Waals surface area contributed by atoms with E-state index >= 15 is 0 Å². The number of carbonyl (C=O) groups is 1. The molecule has 0 spiro atoms. The lowest BCUT2D eigenvalue weighted by Crippen LogP contribution is -2.13. The summed E-state index contributed by atoms with van der Waals surface area (Å²) >= 11 is 0. The summed E-state index contributed by atoms with van der Waals surface area (Å²) in [5.41, 5.74) is 1.20. The van der Waals surface area contributed by atoms with Crippen LogP contribution in [-0.4, -0.2) is 29.6 Å². The van der Waals surface area contributed by atoms with Crippen molar-refractivity contribution in [3.63, 3.8) is 0 Å². The third kappa shape index (κ3) is 3.65. The Hall–Kier alpha value is -3.39. The highest BCUT2D eigenvalue weighted by Crippen LogP contribution is 2.26. The molecular weight excluding hydrogens is 356 g/mol. The fourth-order valence-corrected chi connectivity index (χ4v) is 3.46. The van der Waals surface area contributed by atoms with Crippen molar-refractivity contribution < 1.29 is 23.4 Å². The van der Waals surface area contributed by atoms with Crippen LogP contribution in [0.5, 0.6) is 5.75 Å². The minimum Gasteiger partial charge on any atom is -0.507 e. The van der Waals surface area contributed by atoms with Crippen LogP contribution in [0.15, 0.2) is 71.9 Å². The van der Waals surface area contributed by atoms with Crippen LogP contribution in [0.1, 0.15) is 10.4 Å². The zero-order valence-electron chi connectivity index (χ0n) is 13.3. The molecule has 0 fully saturated rings. The molecule has 26 heavy (non-hydrogen) atoms. The van der Waals surface area contributed by atoms with Gasteiger partial charge in [0.2, 0.25) is 0 Å². The van der Waals surface area contributed by atoms with Gasteiger partial charge in [-0.2, -0.15) is 0 Å². The van der Waals surface area contributed by atoms with Crippen molar-refractivity contribution >= 4 is 21.7 Å². The molecule has 0 saturated carbocycles. The first-order valence-electron chi connectivity index (χ1n) is 7.46. The molecule has 7 nitrogen and oxygen atoms in total. The summed E-state index contributed by atoms with van der Waals surface area (Å²) in [5.74, 6) is -1.83. The van der Waals surface area contributed by atoms with Gasteiger partial charge < -0.3 is 10.2 Å². The van der Waals surface area contributed by atoms with E-state index in [9.17, 15) is 18.3 Å². The van der Waals surface area contributed by atoms with Gasteiger partial charge in [0.25, 0.3) is 10.0 Å². The standard InChI is InChI=1S/C18H14N2O5S/c21-17-10-14(6-7-16(17)18(22)23)20-26(24,25)15-5-1-3-12(9-15)13-4-2-8-19-11-13/h1-11,20-21H,(H,22,23). The first-order valence-corrected chi connectivity index (χ1v) is 8.95. The fraction of sp³-hybridized carbons (Fsp3) is 0. The molecule has 3 aromatic rings. The van der Waals surface area contributed by atoms with E-state index in [0.29, 0.717) is 5.56 Å². The van der Waals surface area contributed by atoms with Crippen LogP contribution in [0, 0.1) is 0 Å². The number of benzene rings is 2. The molecule has 3 rings (SSSR count). The second-order valence-electron chi connectivity index (χ2n) is 5.41. The van der Waals surface area contributed by atoms with Gasteiger partial charge in [0.15, 0.2) is 0 Å². The molecule has 0 unspecified atom stereocenters. The van der Waals surface area contributed by atoms with Crippen LogP contribution in [0.4, 0.5) is 5.69 Å². The van der Waals surface area contributed by atoms with Crippen molar-refractivity contribution in [2.45, 2.75) is 4.90 Å². The number of anilines is 1. The largest absolute Gasteiger partial charge is 0.507 e. The predicted octanol–water partition coefficient (Wildman–Crippen LogP) is 2.95. The number of nitrogens with one attached hydrogen (secondary N) is 1. The van der Waals surface area contributed by atoms with Crippen LogP contribution < -0.4 is 4.72 Å². The van der Waals surface area contributed by atoms with Crippen LogP contribution in [0.2, 0.25) is 0 Å². The summed E-state index contributed by atoms with van der Waals surface area (Å²) in [5, 5.41) is 18.6. The second-order valence-corrected chi connectivity index (χ2v) is 7.09. The number of sulfonamides is 1. The number of aromatic carboxylic acids is 1. The maximum atomic E-state index is 12.6. The SMILES string of the molecule is O=C(O)c1ccc(NS(=O)(=O)c2cccc(-c3cccnc3)c2)cc1O. The topological polar surface area (TPSA) is 117 Å². The zero-order valence-corrected chi connectivity index (χ0v) is 14.1. The molecule has 0 bridgehead atoms. The number of hydrogen-bond donors (Lipinski definition) is 3. The van der Waals surface area contributed by atoms with Gasteiger partial charge in [0, 0.05) is 24.0 Å². The minimum absolute atomic E-state index is 0.0284. The van der Waals surface area contributed by atoms with E-state index in [1.165, 1.54) is 18.2 Å². The van der Waals surface area contributed by atoms with Gasteiger partial charge in [0.05, 0.1) is 10.6 Å². The Morgan fingerprint density at radius 1 is 1.00 bits per heavy atom. The number of carboxylic acid groups (broad SMARTS) is 1. The first-order chi connectivity index (χ1) is 12.4. The summed E-state index contributed by atoms with van der Waals surface area (Å²) in [6.07, 6.45) is 3.25. The molecule has 0 aliphatic heterocycles. The average Bonchev–Trinajstić information content (AvgIpc) is 2.62. The molecule has 1 heterocycles. The average molecular weight is 370 g/mol. The van der Waals surface area contributed by atoms with Gasteiger partial charge in [0.1, 0.15) is 11.3 Å². The monoisotopic (exact) mass is 370 g/mol. The van der Waals surface area contributed by atoms with Crippen LogP contribution in [0.25, 0.3) is 11.1 Å². The first kappa shape index (κ1) is 17.4. The molecule has 1 aromatic heterocycles. The van der Waals surface area contributed by atoms with Gasteiger partial charge in [-0.25, -0.2) is 13.2 Å². The van der Waals surface area contributed by atoms with E-state index in [1.807, 2.05) is 6.07 Å². The Morgan fingerprint density at radius 2 is 1.77 bits per heavy atom. The van der Waals surface area contributed by atoms with Gasteiger partial charge in [-0.1, -0.05) is 18.2 Å². The van der Waals surface area contributed by atoms with Crippen LogP contribution in [0.3, 0.4) is 0 Å². The molecule has 0 aliphatic rings. The Kier molecular flexibility index (Phi) is 4.59. The molecule has 3 N–H and O–H groups in total. The molecule has 0 saturated heterocycles. The lowest BCUT2D eigenvalue weighted by molar-refractivity contribution is 0.0694. The van der Waals surface area contributed by atoms with Gasteiger partial charge in [-0.15, -0.1) is 0 Å². The number of nitrogens with zero attached hydrogens (tertiary/aromatic N) is 1. The zero-order chi connectivity index (χ0) is 18.7. The highest BCUT2D eigenvalue weighted by atomic mass is 32.2. The number of aromatic hydroxyl groups is 1. The van der Waals surface area contributed by atoms with Crippen molar-refractivity contribution in [2.75, 3.05) is 4.72 Å². The number of carboxylic acids is 1. The van der Waals surface area contributed by atoms with Gasteiger partial charge >= 0.3 is 5.97 Å². The Bertz CT molecular complexity index is 1070. The lowest BCUT2D eigenvalue weighted by Gasteiger charge is -2.10. The molecule has 8 heteroatoms. The maximum absolute atomic E-state index is 12.6. The smallest absolute Gasteiger partial charge is 0.339 e. The quantitative estimate of drug-likeness (QED) is 0.636. The number of rotatable bonds is 5. The number of aromatic nitrogens is 1. The summed E-state index contributed by atoms with van der Waals surface area (Å²) in [4.78, 5) is 14.9. The van der Waals surface area contributed by atoms with Crippen molar-refractivity contribution in [3.05, 3.63) is 72.6 Å².